The van der Waals surface area contributed by atoms with Gasteiger partial charge in [0.25, 0.3) is 0 Å². The molecule has 2 heteroatoms. The predicted octanol–water partition coefficient (Wildman–Crippen LogP) is 4.54. The Morgan fingerprint density at radius 3 is 2.71 bits per heavy atom. The molecule has 0 bridgehead atoms. The summed E-state index contributed by atoms with van der Waals surface area (Å²) in [4.78, 5) is 0. The monoisotopic (exact) mass is 285 g/mol. The highest BCUT2D eigenvalue weighted by atomic mass is 16.3. The lowest BCUT2D eigenvalue weighted by molar-refractivity contribution is 0.269. The van der Waals surface area contributed by atoms with Gasteiger partial charge in [0.05, 0.1) is 0 Å². The zero-order valence-corrected chi connectivity index (χ0v) is 13.4. The summed E-state index contributed by atoms with van der Waals surface area (Å²) in [6, 6.07) is 2.49. The molecule has 4 unspecified atom stereocenters. The lowest BCUT2D eigenvalue weighted by Gasteiger charge is -2.29. The van der Waals surface area contributed by atoms with Gasteiger partial charge < -0.3 is 10.4 Å². The Morgan fingerprint density at radius 1 is 1.33 bits per heavy atom. The summed E-state index contributed by atoms with van der Waals surface area (Å²) in [6.45, 7) is 8.20. The number of hydrogen-bond acceptors (Lipinski definition) is 2. The fraction of sp³-hybridized carbons (Fsp3) is 0.579. The van der Waals surface area contributed by atoms with Gasteiger partial charge in [0.2, 0.25) is 0 Å². The van der Waals surface area contributed by atoms with Gasteiger partial charge in [0.15, 0.2) is 0 Å². The lowest BCUT2D eigenvalue weighted by Crippen LogP contribution is -2.25. The van der Waals surface area contributed by atoms with Gasteiger partial charge in [-0.15, -0.1) is 6.58 Å². The molecule has 4 atom stereocenters. The molecule has 114 valence electrons. The molecule has 2 N–H and O–H groups in total. The third kappa shape index (κ3) is 2.12. The number of phenolic OH excluding ortho intramolecular Hbond substituents is 1. The van der Waals surface area contributed by atoms with Crippen LogP contribution < -0.4 is 5.32 Å². The van der Waals surface area contributed by atoms with Gasteiger partial charge >= 0.3 is 0 Å². The molecule has 0 saturated heterocycles. The second-order valence-electron chi connectivity index (χ2n) is 6.80. The van der Waals surface area contributed by atoms with Crippen molar-refractivity contribution < 1.29 is 5.11 Å². The van der Waals surface area contributed by atoms with Crippen molar-refractivity contribution in [2.45, 2.75) is 57.4 Å². The number of phenols is 1. The summed E-state index contributed by atoms with van der Waals surface area (Å²) in [5.74, 6) is 1.98. The van der Waals surface area contributed by atoms with Crippen molar-refractivity contribution in [2.75, 3.05) is 7.05 Å². The topological polar surface area (TPSA) is 32.3 Å². The van der Waals surface area contributed by atoms with E-state index in [1.165, 1.54) is 42.4 Å². The maximum absolute atomic E-state index is 10.9. The van der Waals surface area contributed by atoms with Gasteiger partial charge in [0.1, 0.15) is 5.75 Å². The fourth-order valence-electron chi connectivity index (χ4n) is 4.65. The smallest absolute Gasteiger partial charge is 0.124 e. The average Bonchev–Trinajstić information content (AvgIpc) is 2.85. The van der Waals surface area contributed by atoms with E-state index in [0.29, 0.717) is 23.6 Å². The van der Waals surface area contributed by atoms with Crippen LogP contribution in [0.4, 0.5) is 0 Å². The van der Waals surface area contributed by atoms with E-state index in [1.54, 1.807) is 0 Å². The van der Waals surface area contributed by atoms with Crippen LogP contribution in [0.5, 0.6) is 5.75 Å². The van der Waals surface area contributed by atoms with Crippen LogP contribution in [0, 0.1) is 12.8 Å². The van der Waals surface area contributed by atoms with Crippen molar-refractivity contribution in [3.8, 4) is 5.75 Å². The summed E-state index contributed by atoms with van der Waals surface area (Å²) in [5, 5.41) is 14.4. The predicted molar refractivity (Wildman–Crippen MR) is 88.0 cm³/mol. The molecule has 0 spiro atoms. The number of benzene rings is 1. The molecule has 2 aliphatic rings. The Kier molecular flexibility index (Phi) is 3.83. The summed E-state index contributed by atoms with van der Waals surface area (Å²) in [7, 11) is 2.03. The average molecular weight is 285 g/mol. The molecule has 0 radical (unpaired) electrons. The molecule has 0 aromatic heterocycles. The third-order valence-electron chi connectivity index (χ3n) is 5.70. The summed E-state index contributed by atoms with van der Waals surface area (Å²) in [5.41, 5.74) is 4.98. The minimum Gasteiger partial charge on any atom is -0.507 e. The minimum absolute atomic E-state index is 0.189. The molecule has 0 aliphatic heterocycles. The first-order valence-electron chi connectivity index (χ1n) is 8.26. The minimum atomic E-state index is 0.189. The maximum Gasteiger partial charge on any atom is 0.124 e. The molecule has 2 aliphatic carbocycles. The molecule has 0 amide bonds. The molecule has 1 aromatic carbocycles. The number of fused-ring (bicyclic) bond motifs is 3. The molecule has 2 nitrogen and oxygen atoms in total. The number of nitrogens with one attached hydrogen (secondary N) is 1. The third-order valence-corrected chi connectivity index (χ3v) is 5.70. The number of aryl methyl sites for hydroxylation is 1. The lowest BCUT2D eigenvalue weighted by atomic mass is 9.77. The van der Waals surface area contributed by atoms with Crippen LogP contribution >= 0.6 is 0 Å². The quantitative estimate of drug-likeness (QED) is 0.799. The summed E-state index contributed by atoms with van der Waals surface area (Å²) >= 11 is 0. The van der Waals surface area contributed by atoms with E-state index in [0.717, 1.165) is 5.56 Å². The van der Waals surface area contributed by atoms with E-state index in [1.807, 2.05) is 13.1 Å². The number of rotatable bonds is 3. The highest BCUT2D eigenvalue weighted by Gasteiger charge is 2.44. The normalized spacial score (nSPS) is 28.8. The maximum atomic E-state index is 10.9. The molecular weight excluding hydrogens is 258 g/mol. The van der Waals surface area contributed by atoms with Crippen LogP contribution in [0.1, 0.15) is 72.7 Å². The van der Waals surface area contributed by atoms with Crippen molar-refractivity contribution >= 4 is 0 Å². The first-order chi connectivity index (χ1) is 10.1. The van der Waals surface area contributed by atoms with E-state index >= 15 is 0 Å². The van der Waals surface area contributed by atoms with Crippen LogP contribution in [-0.4, -0.2) is 12.2 Å². The van der Waals surface area contributed by atoms with E-state index in [2.05, 4.69) is 31.8 Å². The highest BCUT2D eigenvalue weighted by molar-refractivity contribution is 5.57. The van der Waals surface area contributed by atoms with Crippen molar-refractivity contribution in [3.05, 3.63) is 41.0 Å². The number of allylic oxidation sites excluding steroid dienone is 1. The van der Waals surface area contributed by atoms with E-state index in [4.69, 9.17) is 0 Å². The van der Waals surface area contributed by atoms with Gasteiger partial charge in [-0.2, -0.15) is 0 Å². The van der Waals surface area contributed by atoms with E-state index in [9.17, 15) is 5.11 Å². The summed E-state index contributed by atoms with van der Waals surface area (Å²) < 4.78 is 0. The largest absolute Gasteiger partial charge is 0.507 e. The number of hydrogen-bond donors (Lipinski definition) is 2. The van der Waals surface area contributed by atoms with Crippen molar-refractivity contribution in [2.24, 2.45) is 5.92 Å². The zero-order valence-electron chi connectivity index (χ0n) is 13.4. The Morgan fingerprint density at radius 2 is 2.05 bits per heavy atom. The van der Waals surface area contributed by atoms with Gasteiger partial charge in [-0.05, 0) is 49.8 Å². The molecule has 3 rings (SSSR count). The van der Waals surface area contributed by atoms with Crippen molar-refractivity contribution in [3.63, 3.8) is 0 Å². The Bertz CT molecular complexity index is 563. The Labute approximate surface area is 128 Å². The molecule has 1 fully saturated rings. The first kappa shape index (κ1) is 14.6. The van der Waals surface area contributed by atoms with Crippen molar-refractivity contribution in [1.29, 1.82) is 0 Å². The second kappa shape index (κ2) is 5.49. The first-order valence-corrected chi connectivity index (χ1v) is 8.26. The van der Waals surface area contributed by atoms with Gasteiger partial charge in [-0.1, -0.05) is 31.9 Å². The standard InChI is InChI=1S/C19H27NO/c1-5-11(2)15-10-12(3)16-13-8-6-7-9-14(13)18(20-4)17(16)19(15)21/h5,10-11,13-14,18,20-21H,1,6-9H2,2-4H3. The summed E-state index contributed by atoms with van der Waals surface area (Å²) in [6.07, 6.45) is 7.10. The van der Waals surface area contributed by atoms with Gasteiger partial charge in [0, 0.05) is 23.1 Å². The second-order valence-corrected chi connectivity index (χ2v) is 6.80. The van der Waals surface area contributed by atoms with Crippen LogP contribution in [0.15, 0.2) is 18.7 Å². The van der Waals surface area contributed by atoms with E-state index in [-0.39, 0.29) is 5.92 Å². The molecule has 0 heterocycles. The van der Waals surface area contributed by atoms with Crippen LogP contribution in [0.25, 0.3) is 0 Å². The van der Waals surface area contributed by atoms with Crippen LogP contribution in [0.3, 0.4) is 0 Å². The van der Waals surface area contributed by atoms with Crippen molar-refractivity contribution in [1.82, 2.24) is 5.32 Å². The fourth-order valence-corrected chi connectivity index (χ4v) is 4.65. The number of aromatic hydroxyl groups is 1. The molecule has 1 saturated carbocycles. The Balaban J connectivity index is 2.19. The molecule has 1 aromatic rings. The van der Waals surface area contributed by atoms with Gasteiger partial charge in [-0.25, -0.2) is 0 Å². The van der Waals surface area contributed by atoms with E-state index < -0.39 is 0 Å². The molecular formula is C19H27NO. The SMILES string of the molecule is C=CC(C)c1cc(C)c2c(c1O)C(NC)C1CCCCC21. The Hall–Kier alpha value is -1.28. The van der Waals surface area contributed by atoms with Gasteiger partial charge in [-0.3, -0.25) is 0 Å². The van der Waals surface area contributed by atoms with Crippen LogP contribution in [0.2, 0.25) is 0 Å². The van der Waals surface area contributed by atoms with Crippen LogP contribution in [-0.2, 0) is 0 Å². The zero-order chi connectivity index (χ0) is 15.1. The molecule has 21 heavy (non-hydrogen) atoms. The highest BCUT2D eigenvalue weighted by Crippen LogP contribution is 2.56.